The molecule has 0 N–H and O–H groups in total. The van der Waals surface area contributed by atoms with Crippen molar-refractivity contribution in [2.24, 2.45) is 0 Å². The van der Waals surface area contributed by atoms with Crippen LogP contribution in [0.2, 0.25) is 5.02 Å². The van der Waals surface area contributed by atoms with Crippen molar-refractivity contribution < 1.29 is 4.79 Å². The Labute approximate surface area is 215 Å². The van der Waals surface area contributed by atoms with E-state index in [-0.39, 0.29) is 18.3 Å². The van der Waals surface area contributed by atoms with Crippen molar-refractivity contribution in [1.82, 2.24) is 19.7 Å². The summed E-state index contributed by atoms with van der Waals surface area (Å²) >= 11 is 7.92. The first-order valence-electron chi connectivity index (χ1n) is 11.1. The highest BCUT2D eigenvalue weighted by atomic mass is 35.5. The second kappa shape index (κ2) is 11.3. The maximum atomic E-state index is 13.8. The minimum atomic E-state index is -0.102. The lowest BCUT2D eigenvalue weighted by molar-refractivity contribution is 0.0983. The first-order valence-corrected chi connectivity index (χ1v) is 12.3. The fourth-order valence-corrected chi connectivity index (χ4v) is 5.21. The van der Waals surface area contributed by atoms with E-state index >= 15 is 0 Å². The molecule has 34 heavy (non-hydrogen) atoms. The molecule has 1 amide bonds. The Morgan fingerprint density at radius 3 is 2.41 bits per heavy atom. The fraction of sp³-hybridized carbons (Fsp3) is 0.320. The normalized spacial score (nSPS) is 11.1. The smallest absolute Gasteiger partial charge is 0.263 e. The first-order chi connectivity index (χ1) is 15.9. The van der Waals surface area contributed by atoms with Crippen LogP contribution in [0.25, 0.3) is 15.9 Å². The number of halogens is 2. The number of aromatic nitrogens is 3. The molecular formula is C25H29Cl2N5OS. The summed E-state index contributed by atoms with van der Waals surface area (Å²) in [7, 11) is 0. The summed E-state index contributed by atoms with van der Waals surface area (Å²) in [6.45, 7) is 11.3. The van der Waals surface area contributed by atoms with Gasteiger partial charge in [0.25, 0.3) is 5.91 Å². The number of nitrogens with zero attached hydrogens (tertiary/aromatic N) is 5. The molecule has 0 bridgehead atoms. The molecule has 2 aromatic carbocycles. The molecule has 2 heterocycles. The second-order valence-corrected chi connectivity index (χ2v) is 9.30. The van der Waals surface area contributed by atoms with Crippen molar-refractivity contribution in [1.29, 1.82) is 0 Å². The third-order valence-corrected chi connectivity index (χ3v) is 7.48. The number of thiazole rings is 1. The standard InChI is InChI=1S/C25H28ClN5OS.ClH/c1-5-29(6-2)14-15-30(25-28-22-17(3)12-13-21(26)23(22)33-25)24(32)20-16-27-31(18(20)4)19-10-8-7-9-11-19;/h7-13,16H,5-6,14-15H2,1-4H3;1H. The van der Waals surface area contributed by atoms with Gasteiger partial charge in [0.15, 0.2) is 5.13 Å². The van der Waals surface area contributed by atoms with E-state index in [0.29, 0.717) is 22.3 Å². The van der Waals surface area contributed by atoms with Gasteiger partial charge >= 0.3 is 0 Å². The molecule has 0 aliphatic carbocycles. The molecule has 0 atom stereocenters. The molecule has 4 aromatic rings. The van der Waals surface area contributed by atoms with Crippen LogP contribution in [0.15, 0.2) is 48.7 Å². The number of aryl methyl sites for hydroxylation is 1. The van der Waals surface area contributed by atoms with E-state index in [1.54, 1.807) is 15.8 Å². The van der Waals surface area contributed by atoms with Gasteiger partial charge < -0.3 is 4.90 Å². The number of benzene rings is 2. The van der Waals surface area contributed by atoms with Gasteiger partial charge in [0.1, 0.15) is 0 Å². The largest absolute Gasteiger partial charge is 0.302 e. The van der Waals surface area contributed by atoms with Crippen LogP contribution < -0.4 is 4.90 Å². The van der Waals surface area contributed by atoms with Crippen molar-refractivity contribution >= 4 is 56.6 Å². The number of carbonyl (C=O) groups is 1. The zero-order chi connectivity index (χ0) is 23.5. The van der Waals surface area contributed by atoms with Crippen LogP contribution in [0.5, 0.6) is 0 Å². The van der Waals surface area contributed by atoms with Crippen LogP contribution in [-0.4, -0.2) is 51.8 Å². The number of anilines is 1. The van der Waals surface area contributed by atoms with Gasteiger partial charge in [-0.3, -0.25) is 9.69 Å². The zero-order valence-corrected chi connectivity index (χ0v) is 22.2. The van der Waals surface area contributed by atoms with Gasteiger partial charge in [-0.15, -0.1) is 12.4 Å². The molecule has 0 radical (unpaired) electrons. The predicted molar refractivity (Wildman–Crippen MR) is 144 cm³/mol. The number of hydrogen-bond acceptors (Lipinski definition) is 5. The number of para-hydroxylation sites is 1. The quantitative estimate of drug-likeness (QED) is 0.280. The Morgan fingerprint density at radius 1 is 1.06 bits per heavy atom. The molecule has 0 saturated carbocycles. The minimum absolute atomic E-state index is 0. The lowest BCUT2D eigenvalue weighted by atomic mass is 10.2. The van der Waals surface area contributed by atoms with E-state index in [9.17, 15) is 4.79 Å². The predicted octanol–water partition coefficient (Wildman–Crippen LogP) is 6.16. The second-order valence-electron chi connectivity index (χ2n) is 7.91. The summed E-state index contributed by atoms with van der Waals surface area (Å²) in [5.74, 6) is -0.102. The molecule has 0 spiro atoms. The zero-order valence-electron chi connectivity index (χ0n) is 19.8. The molecule has 0 unspecified atom stereocenters. The maximum absolute atomic E-state index is 13.8. The topological polar surface area (TPSA) is 54.3 Å². The van der Waals surface area contributed by atoms with E-state index in [1.807, 2.05) is 56.3 Å². The molecular weight excluding hydrogens is 489 g/mol. The van der Waals surface area contributed by atoms with Crippen molar-refractivity contribution in [2.75, 3.05) is 31.1 Å². The molecule has 180 valence electrons. The highest BCUT2D eigenvalue weighted by Gasteiger charge is 2.26. The average Bonchev–Trinajstić information content (AvgIpc) is 3.44. The Balaban J connectivity index is 0.00000324. The molecule has 6 nitrogen and oxygen atoms in total. The van der Waals surface area contributed by atoms with E-state index in [1.165, 1.54) is 11.3 Å². The van der Waals surface area contributed by atoms with E-state index in [4.69, 9.17) is 16.6 Å². The van der Waals surface area contributed by atoms with Crippen LogP contribution in [0, 0.1) is 13.8 Å². The highest BCUT2D eigenvalue weighted by Crippen LogP contribution is 2.36. The summed E-state index contributed by atoms with van der Waals surface area (Å²) in [6, 6.07) is 13.7. The average molecular weight is 519 g/mol. The molecule has 0 aliphatic heterocycles. The Hall–Kier alpha value is -2.45. The van der Waals surface area contributed by atoms with Gasteiger partial charge in [-0.1, -0.05) is 61.1 Å². The van der Waals surface area contributed by atoms with E-state index in [2.05, 4.69) is 23.8 Å². The van der Waals surface area contributed by atoms with Crippen LogP contribution >= 0.6 is 35.3 Å². The van der Waals surface area contributed by atoms with E-state index < -0.39 is 0 Å². The summed E-state index contributed by atoms with van der Waals surface area (Å²) in [5.41, 5.74) is 4.18. The third-order valence-electron chi connectivity index (χ3n) is 5.94. The number of hydrogen-bond donors (Lipinski definition) is 0. The summed E-state index contributed by atoms with van der Waals surface area (Å²) in [6.07, 6.45) is 1.65. The van der Waals surface area contributed by atoms with Crippen molar-refractivity contribution in [3.05, 3.63) is 70.5 Å². The molecule has 0 aliphatic rings. The van der Waals surface area contributed by atoms with Gasteiger partial charge in [0.2, 0.25) is 0 Å². The lowest BCUT2D eigenvalue weighted by Crippen LogP contribution is -2.39. The Morgan fingerprint density at radius 2 is 1.76 bits per heavy atom. The van der Waals surface area contributed by atoms with Crippen LogP contribution in [0.4, 0.5) is 5.13 Å². The number of carbonyl (C=O) groups excluding carboxylic acids is 1. The number of amides is 1. The number of likely N-dealkylation sites (N-methyl/N-ethyl adjacent to an activating group) is 1. The molecule has 0 fully saturated rings. The van der Waals surface area contributed by atoms with Crippen LogP contribution in [0.3, 0.4) is 0 Å². The van der Waals surface area contributed by atoms with Gasteiger partial charge in [-0.2, -0.15) is 5.10 Å². The summed E-state index contributed by atoms with van der Waals surface area (Å²) < 4.78 is 2.71. The molecule has 2 aromatic heterocycles. The van der Waals surface area contributed by atoms with Crippen LogP contribution in [0.1, 0.15) is 35.5 Å². The SMILES string of the molecule is CCN(CC)CCN(C(=O)c1cnn(-c2ccccc2)c1C)c1nc2c(C)ccc(Cl)c2s1.Cl. The molecule has 0 saturated heterocycles. The third kappa shape index (κ3) is 5.13. The van der Waals surface area contributed by atoms with Crippen molar-refractivity contribution in [3.63, 3.8) is 0 Å². The Kier molecular flexibility index (Phi) is 8.71. The fourth-order valence-electron chi connectivity index (χ4n) is 3.87. The highest BCUT2D eigenvalue weighted by molar-refractivity contribution is 7.23. The Bertz CT molecular complexity index is 1230. The van der Waals surface area contributed by atoms with E-state index in [0.717, 1.165) is 46.8 Å². The number of rotatable bonds is 8. The molecule has 4 rings (SSSR count). The van der Waals surface area contributed by atoms with Gasteiger partial charge in [0.05, 0.1) is 38.4 Å². The molecule has 9 heteroatoms. The van der Waals surface area contributed by atoms with Gasteiger partial charge in [-0.25, -0.2) is 9.67 Å². The summed E-state index contributed by atoms with van der Waals surface area (Å²) in [4.78, 5) is 22.7. The summed E-state index contributed by atoms with van der Waals surface area (Å²) in [5, 5.41) is 5.82. The number of fused-ring (bicyclic) bond motifs is 1. The van der Waals surface area contributed by atoms with Gasteiger partial charge in [-0.05, 0) is 50.7 Å². The van der Waals surface area contributed by atoms with Crippen LogP contribution in [-0.2, 0) is 0 Å². The lowest BCUT2D eigenvalue weighted by Gasteiger charge is -2.24. The van der Waals surface area contributed by atoms with Gasteiger partial charge in [0, 0.05) is 13.1 Å². The minimum Gasteiger partial charge on any atom is -0.302 e. The van der Waals surface area contributed by atoms with Crippen molar-refractivity contribution in [3.8, 4) is 5.69 Å². The van der Waals surface area contributed by atoms with Crippen molar-refractivity contribution in [2.45, 2.75) is 27.7 Å². The monoisotopic (exact) mass is 517 g/mol. The maximum Gasteiger partial charge on any atom is 0.263 e. The first kappa shape index (κ1) is 26.2.